The molecule has 0 unspecified atom stereocenters. The molecule has 0 N–H and O–H groups in total. The summed E-state index contributed by atoms with van der Waals surface area (Å²) in [5.41, 5.74) is 3.62. The molecule has 0 bridgehead atoms. The summed E-state index contributed by atoms with van der Waals surface area (Å²) in [7, 11) is 0. The van der Waals surface area contributed by atoms with Crippen LogP contribution in [0.1, 0.15) is 5.56 Å². The average Bonchev–Trinajstić information content (AvgIpc) is 2.51. The van der Waals surface area contributed by atoms with Gasteiger partial charge in [0.25, 0.3) is 0 Å². The van der Waals surface area contributed by atoms with E-state index < -0.39 is 5.82 Å². The number of hydrogen-bond donors (Lipinski definition) is 0. The van der Waals surface area contributed by atoms with Crippen LogP contribution in [0.2, 0.25) is 15.3 Å². The summed E-state index contributed by atoms with van der Waals surface area (Å²) in [4.78, 5) is 0. The van der Waals surface area contributed by atoms with Crippen molar-refractivity contribution in [3.63, 3.8) is 0 Å². The van der Waals surface area contributed by atoms with E-state index in [4.69, 9.17) is 34.8 Å². The highest BCUT2D eigenvalue weighted by atomic mass is 35.5. The molecule has 1 heterocycles. The zero-order valence-corrected chi connectivity index (χ0v) is 14.2. The first-order valence-electron chi connectivity index (χ1n) is 6.71. The van der Waals surface area contributed by atoms with Crippen LogP contribution in [-0.4, -0.2) is 10.2 Å². The summed E-state index contributed by atoms with van der Waals surface area (Å²) in [5, 5.41) is 8.31. The van der Waals surface area contributed by atoms with Crippen molar-refractivity contribution in [2.45, 2.75) is 6.92 Å². The Morgan fingerprint density at radius 3 is 2.04 bits per heavy atom. The topological polar surface area (TPSA) is 25.8 Å². The monoisotopic (exact) mass is 366 g/mol. The lowest BCUT2D eigenvalue weighted by molar-refractivity contribution is 0.628. The fraction of sp³-hybridized carbons (Fsp3) is 0.0588. The zero-order valence-electron chi connectivity index (χ0n) is 11.9. The lowest BCUT2D eigenvalue weighted by atomic mass is 9.97. The number of aromatic nitrogens is 2. The highest BCUT2D eigenvalue weighted by Crippen LogP contribution is 2.42. The Morgan fingerprint density at radius 2 is 1.43 bits per heavy atom. The molecule has 116 valence electrons. The van der Waals surface area contributed by atoms with E-state index in [0.29, 0.717) is 16.7 Å². The fourth-order valence-corrected chi connectivity index (χ4v) is 3.05. The molecule has 0 aliphatic carbocycles. The molecular formula is C17H10Cl3FN2. The largest absolute Gasteiger partial charge is 0.207 e. The fourth-order valence-electron chi connectivity index (χ4n) is 2.32. The first kappa shape index (κ1) is 16.2. The molecule has 1 aromatic heterocycles. The third kappa shape index (κ3) is 3.18. The van der Waals surface area contributed by atoms with Crippen molar-refractivity contribution >= 4 is 34.8 Å². The van der Waals surface area contributed by atoms with Crippen molar-refractivity contribution in [3.05, 3.63) is 69.2 Å². The molecule has 0 saturated heterocycles. The maximum Gasteiger partial charge on any atom is 0.160 e. The Bertz CT molecular complexity index is 880. The Morgan fingerprint density at radius 1 is 0.826 bits per heavy atom. The molecule has 6 heteroatoms. The maximum atomic E-state index is 13.3. The number of benzene rings is 2. The highest BCUT2D eigenvalue weighted by Gasteiger charge is 2.20. The van der Waals surface area contributed by atoms with E-state index in [2.05, 4.69) is 10.2 Å². The van der Waals surface area contributed by atoms with Gasteiger partial charge in [-0.15, -0.1) is 10.2 Å². The van der Waals surface area contributed by atoms with Crippen molar-refractivity contribution in [1.82, 2.24) is 10.2 Å². The van der Waals surface area contributed by atoms with Crippen LogP contribution >= 0.6 is 34.8 Å². The molecule has 3 aromatic rings. The first-order valence-corrected chi connectivity index (χ1v) is 7.85. The lowest BCUT2D eigenvalue weighted by Gasteiger charge is -2.14. The third-order valence-corrected chi connectivity index (χ3v) is 4.27. The number of hydrogen-bond acceptors (Lipinski definition) is 2. The van der Waals surface area contributed by atoms with Crippen LogP contribution in [0.15, 0.2) is 42.5 Å². The van der Waals surface area contributed by atoms with Gasteiger partial charge in [-0.25, -0.2) is 4.39 Å². The minimum Gasteiger partial charge on any atom is -0.207 e. The highest BCUT2D eigenvalue weighted by molar-refractivity contribution is 6.38. The lowest BCUT2D eigenvalue weighted by Crippen LogP contribution is -1.95. The Labute approximate surface area is 147 Å². The molecular weight excluding hydrogens is 358 g/mol. The third-order valence-electron chi connectivity index (χ3n) is 3.43. The second kappa shape index (κ2) is 6.44. The van der Waals surface area contributed by atoms with Gasteiger partial charge in [0.05, 0.1) is 5.02 Å². The maximum absolute atomic E-state index is 13.3. The van der Waals surface area contributed by atoms with Crippen LogP contribution in [0.5, 0.6) is 0 Å². The SMILES string of the molecule is Cc1ccc(-c2c(Cl)nnc(Cl)c2-c2ccc(F)cc2Cl)cc1. The number of halogens is 4. The minimum atomic E-state index is -0.431. The Balaban J connectivity index is 2.32. The number of nitrogens with zero attached hydrogens (tertiary/aromatic N) is 2. The average molecular weight is 368 g/mol. The van der Waals surface area contributed by atoms with Gasteiger partial charge in [0.15, 0.2) is 10.3 Å². The van der Waals surface area contributed by atoms with Gasteiger partial charge in [0, 0.05) is 16.7 Å². The van der Waals surface area contributed by atoms with E-state index in [1.165, 1.54) is 12.1 Å². The van der Waals surface area contributed by atoms with Gasteiger partial charge in [0.2, 0.25) is 0 Å². The van der Waals surface area contributed by atoms with Gasteiger partial charge in [-0.3, -0.25) is 0 Å². The Kier molecular flexibility index (Phi) is 4.53. The van der Waals surface area contributed by atoms with Crippen LogP contribution < -0.4 is 0 Å². The molecule has 0 atom stereocenters. The van der Waals surface area contributed by atoms with Gasteiger partial charge in [-0.2, -0.15) is 0 Å². The van der Waals surface area contributed by atoms with Gasteiger partial charge >= 0.3 is 0 Å². The Hall–Kier alpha value is -1.68. The van der Waals surface area contributed by atoms with Crippen molar-refractivity contribution in [2.75, 3.05) is 0 Å². The quantitative estimate of drug-likeness (QED) is 0.537. The van der Waals surface area contributed by atoms with Gasteiger partial charge in [0.1, 0.15) is 5.82 Å². The van der Waals surface area contributed by atoms with Crippen LogP contribution in [0.4, 0.5) is 4.39 Å². The summed E-state index contributed by atoms with van der Waals surface area (Å²) in [6, 6.07) is 11.8. The van der Waals surface area contributed by atoms with Crippen molar-refractivity contribution < 1.29 is 4.39 Å². The number of rotatable bonds is 2. The molecule has 0 fully saturated rings. The first-order chi connectivity index (χ1) is 11.0. The minimum absolute atomic E-state index is 0.151. The summed E-state index contributed by atoms with van der Waals surface area (Å²) >= 11 is 18.7. The van der Waals surface area contributed by atoms with Gasteiger partial charge < -0.3 is 0 Å². The smallest absolute Gasteiger partial charge is 0.160 e. The molecule has 0 amide bonds. The van der Waals surface area contributed by atoms with Crippen molar-refractivity contribution in [3.8, 4) is 22.3 Å². The van der Waals surface area contributed by atoms with Gasteiger partial charge in [-0.1, -0.05) is 64.6 Å². The molecule has 0 aliphatic rings. The molecule has 0 saturated carbocycles. The van der Waals surface area contributed by atoms with E-state index in [1.807, 2.05) is 31.2 Å². The van der Waals surface area contributed by atoms with E-state index in [1.54, 1.807) is 6.07 Å². The zero-order chi connectivity index (χ0) is 16.6. The normalized spacial score (nSPS) is 10.8. The van der Waals surface area contributed by atoms with Crippen LogP contribution in [0.25, 0.3) is 22.3 Å². The van der Waals surface area contributed by atoms with Crippen LogP contribution in [-0.2, 0) is 0 Å². The molecule has 0 radical (unpaired) electrons. The van der Waals surface area contributed by atoms with E-state index in [0.717, 1.165) is 11.1 Å². The molecule has 2 nitrogen and oxygen atoms in total. The predicted octanol–water partition coefficient (Wildman–Crippen LogP) is 6.22. The van der Waals surface area contributed by atoms with Gasteiger partial charge in [-0.05, 0) is 30.7 Å². The second-order valence-electron chi connectivity index (χ2n) is 5.02. The van der Waals surface area contributed by atoms with Crippen LogP contribution in [0, 0.1) is 12.7 Å². The summed E-state index contributed by atoms with van der Waals surface area (Å²) in [6.07, 6.45) is 0. The second-order valence-corrected chi connectivity index (χ2v) is 6.15. The predicted molar refractivity (Wildman–Crippen MR) is 92.6 cm³/mol. The molecule has 0 aliphatic heterocycles. The van der Waals surface area contributed by atoms with Crippen molar-refractivity contribution in [2.24, 2.45) is 0 Å². The molecule has 23 heavy (non-hydrogen) atoms. The molecule has 2 aromatic carbocycles. The molecule has 3 rings (SSSR count). The van der Waals surface area contributed by atoms with E-state index in [-0.39, 0.29) is 15.3 Å². The number of aryl methyl sites for hydroxylation is 1. The summed E-state index contributed by atoms with van der Waals surface area (Å²) in [6.45, 7) is 1.99. The van der Waals surface area contributed by atoms with E-state index >= 15 is 0 Å². The standard InChI is InChI=1S/C17H10Cl3FN2/c1-9-2-4-10(5-3-9)14-15(17(20)23-22-16(14)19)12-7-6-11(21)8-13(12)18/h2-8H,1H3. The summed E-state index contributed by atoms with van der Waals surface area (Å²) < 4.78 is 13.3. The van der Waals surface area contributed by atoms with Crippen molar-refractivity contribution in [1.29, 1.82) is 0 Å². The van der Waals surface area contributed by atoms with Crippen LogP contribution in [0.3, 0.4) is 0 Å². The molecule has 0 spiro atoms. The summed E-state index contributed by atoms with van der Waals surface area (Å²) in [5.74, 6) is -0.431. The van der Waals surface area contributed by atoms with E-state index in [9.17, 15) is 4.39 Å².